The summed E-state index contributed by atoms with van der Waals surface area (Å²) in [4.78, 5) is 26.7. The van der Waals surface area contributed by atoms with Crippen LogP contribution in [0, 0.1) is 5.92 Å². The number of carbonyl (C=O) groups excluding carboxylic acids is 1. The number of benzene rings is 1. The zero-order valence-electron chi connectivity index (χ0n) is 19.0. The molecule has 3 heterocycles. The monoisotopic (exact) mass is 420 g/mol. The SMILES string of the molecule is CC(C)CC(=O)N1CCCN(c2nc(C(C)C)nc3c2cnn3-c2ccccc2)CC1. The van der Waals surface area contributed by atoms with Crippen LogP contribution >= 0.6 is 0 Å². The summed E-state index contributed by atoms with van der Waals surface area (Å²) >= 11 is 0. The van der Waals surface area contributed by atoms with Crippen molar-refractivity contribution in [3.05, 3.63) is 42.4 Å². The molecule has 1 fully saturated rings. The van der Waals surface area contributed by atoms with Crippen LogP contribution in [-0.4, -0.2) is 56.7 Å². The number of amides is 1. The van der Waals surface area contributed by atoms with Gasteiger partial charge in [0.05, 0.1) is 17.3 Å². The van der Waals surface area contributed by atoms with Gasteiger partial charge in [0.1, 0.15) is 11.6 Å². The van der Waals surface area contributed by atoms with Crippen LogP contribution in [-0.2, 0) is 4.79 Å². The van der Waals surface area contributed by atoms with Gasteiger partial charge in [-0.3, -0.25) is 4.79 Å². The molecule has 7 heteroatoms. The molecule has 0 atom stereocenters. The van der Waals surface area contributed by atoms with E-state index in [0.717, 1.165) is 61.0 Å². The second-order valence-corrected chi connectivity index (χ2v) is 9.01. The van der Waals surface area contributed by atoms with E-state index in [1.165, 1.54) is 0 Å². The highest BCUT2D eigenvalue weighted by Crippen LogP contribution is 2.28. The Labute approximate surface area is 184 Å². The molecule has 1 aliphatic heterocycles. The fourth-order valence-electron chi connectivity index (χ4n) is 4.02. The zero-order chi connectivity index (χ0) is 22.0. The Morgan fingerprint density at radius 2 is 1.77 bits per heavy atom. The van der Waals surface area contributed by atoms with Crippen molar-refractivity contribution in [2.45, 2.75) is 46.5 Å². The van der Waals surface area contributed by atoms with Crippen molar-refractivity contribution in [3.63, 3.8) is 0 Å². The van der Waals surface area contributed by atoms with Crippen molar-refractivity contribution in [1.29, 1.82) is 0 Å². The molecule has 0 unspecified atom stereocenters. The third kappa shape index (κ3) is 4.55. The van der Waals surface area contributed by atoms with Gasteiger partial charge in [0.25, 0.3) is 0 Å². The van der Waals surface area contributed by atoms with Crippen LogP contribution in [0.4, 0.5) is 5.82 Å². The lowest BCUT2D eigenvalue weighted by Gasteiger charge is -2.24. The summed E-state index contributed by atoms with van der Waals surface area (Å²) in [6.45, 7) is 11.6. The van der Waals surface area contributed by atoms with Gasteiger partial charge in [-0.25, -0.2) is 14.6 Å². The highest BCUT2D eigenvalue weighted by atomic mass is 16.2. The van der Waals surface area contributed by atoms with Crippen molar-refractivity contribution in [2.24, 2.45) is 5.92 Å². The Balaban J connectivity index is 1.69. The summed E-state index contributed by atoms with van der Waals surface area (Å²) in [6, 6.07) is 10.1. The molecule has 1 amide bonds. The first kappa shape index (κ1) is 21.3. The number of nitrogens with zero attached hydrogens (tertiary/aromatic N) is 6. The van der Waals surface area contributed by atoms with Crippen molar-refractivity contribution in [3.8, 4) is 5.69 Å². The number of aromatic nitrogens is 4. The number of rotatable bonds is 5. The summed E-state index contributed by atoms with van der Waals surface area (Å²) < 4.78 is 1.89. The van der Waals surface area contributed by atoms with Crippen LogP contribution in [0.2, 0.25) is 0 Å². The third-order valence-corrected chi connectivity index (χ3v) is 5.67. The molecule has 0 radical (unpaired) electrons. The Kier molecular flexibility index (Phi) is 6.20. The minimum absolute atomic E-state index is 0.207. The number of anilines is 1. The van der Waals surface area contributed by atoms with Gasteiger partial charge in [0.15, 0.2) is 5.65 Å². The number of carbonyl (C=O) groups is 1. The number of hydrogen-bond acceptors (Lipinski definition) is 5. The fourth-order valence-corrected chi connectivity index (χ4v) is 4.02. The van der Waals surface area contributed by atoms with E-state index >= 15 is 0 Å². The molecule has 1 aromatic carbocycles. The minimum atomic E-state index is 0.207. The highest BCUT2D eigenvalue weighted by molar-refractivity contribution is 5.88. The van der Waals surface area contributed by atoms with Gasteiger partial charge >= 0.3 is 0 Å². The van der Waals surface area contributed by atoms with E-state index < -0.39 is 0 Å². The molecule has 3 aromatic rings. The summed E-state index contributed by atoms with van der Waals surface area (Å²) in [5, 5.41) is 5.60. The molecular weight excluding hydrogens is 388 g/mol. The lowest BCUT2D eigenvalue weighted by Crippen LogP contribution is -2.36. The molecule has 1 aliphatic rings. The van der Waals surface area contributed by atoms with E-state index in [-0.39, 0.29) is 11.8 Å². The van der Waals surface area contributed by atoms with Gasteiger partial charge in [0, 0.05) is 38.5 Å². The predicted molar refractivity (Wildman–Crippen MR) is 124 cm³/mol. The number of hydrogen-bond donors (Lipinski definition) is 0. The minimum Gasteiger partial charge on any atom is -0.354 e. The van der Waals surface area contributed by atoms with Crippen molar-refractivity contribution in [2.75, 3.05) is 31.1 Å². The molecule has 7 nitrogen and oxygen atoms in total. The Morgan fingerprint density at radius 1 is 1.00 bits per heavy atom. The quantitative estimate of drug-likeness (QED) is 0.624. The molecule has 4 rings (SSSR count). The fraction of sp³-hybridized carbons (Fsp3) is 0.500. The Bertz CT molecular complexity index is 1040. The molecule has 0 N–H and O–H groups in total. The third-order valence-electron chi connectivity index (χ3n) is 5.67. The van der Waals surface area contributed by atoms with E-state index in [9.17, 15) is 4.79 Å². The molecule has 0 saturated carbocycles. The summed E-state index contributed by atoms with van der Waals surface area (Å²) in [5.74, 6) is 2.58. The van der Waals surface area contributed by atoms with Crippen LogP contribution < -0.4 is 4.90 Å². The van der Waals surface area contributed by atoms with Crippen LogP contribution in [0.1, 0.15) is 52.3 Å². The van der Waals surface area contributed by atoms with Gasteiger partial charge < -0.3 is 9.80 Å². The smallest absolute Gasteiger partial charge is 0.222 e. The topological polar surface area (TPSA) is 67.2 Å². The molecule has 164 valence electrons. The van der Waals surface area contributed by atoms with Crippen LogP contribution in [0.25, 0.3) is 16.7 Å². The maximum Gasteiger partial charge on any atom is 0.222 e. The first-order chi connectivity index (χ1) is 14.9. The second-order valence-electron chi connectivity index (χ2n) is 9.01. The summed E-state index contributed by atoms with van der Waals surface area (Å²) in [5.41, 5.74) is 1.81. The predicted octanol–water partition coefficient (Wildman–Crippen LogP) is 4.02. The van der Waals surface area contributed by atoms with Gasteiger partial charge in [-0.1, -0.05) is 45.9 Å². The first-order valence-corrected chi connectivity index (χ1v) is 11.3. The van der Waals surface area contributed by atoms with E-state index in [1.807, 2.05) is 46.1 Å². The molecule has 0 aliphatic carbocycles. The summed E-state index contributed by atoms with van der Waals surface area (Å²) in [7, 11) is 0. The van der Waals surface area contributed by atoms with Gasteiger partial charge in [-0.15, -0.1) is 0 Å². The largest absolute Gasteiger partial charge is 0.354 e. The maximum atomic E-state index is 12.6. The second kappa shape index (κ2) is 9.04. The van der Waals surface area contributed by atoms with Gasteiger partial charge in [-0.05, 0) is 24.5 Å². The van der Waals surface area contributed by atoms with Crippen molar-refractivity contribution in [1.82, 2.24) is 24.6 Å². The van der Waals surface area contributed by atoms with Crippen LogP contribution in [0.5, 0.6) is 0 Å². The lowest BCUT2D eigenvalue weighted by atomic mass is 10.1. The van der Waals surface area contributed by atoms with Crippen molar-refractivity contribution >= 4 is 22.8 Å². The van der Waals surface area contributed by atoms with E-state index in [1.54, 1.807) is 0 Å². The molecule has 0 bridgehead atoms. The van der Waals surface area contributed by atoms with Gasteiger partial charge in [0.2, 0.25) is 5.91 Å². The van der Waals surface area contributed by atoms with E-state index in [2.05, 4.69) is 37.7 Å². The van der Waals surface area contributed by atoms with E-state index in [4.69, 9.17) is 9.97 Å². The van der Waals surface area contributed by atoms with Crippen LogP contribution in [0.15, 0.2) is 36.5 Å². The molecule has 2 aromatic heterocycles. The Hall–Kier alpha value is -2.96. The standard InChI is InChI=1S/C24H32N6O/c1-17(2)15-21(31)28-11-8-12-29(14-13-28)23-20-16-25-30(19-9-6-5-7-10-19)24(20)27-22(26-23)18(3)4/h5-7,9-10,16-18H,8,11-15H2,1-4H3. The zero-order valence-corrected chi connectivity index (χ0v) is 19.0. The van der Waals surface area contributed by atoms with Crippen LogP contribution in [0.3, 0.4) is 0 Å². The molecular formula is C24H32N6O. The molecule has 0 spiro atoms. The number of fused-ring (bicyclic) bond motifs is 1. The number of para-hydroxylation sites is 1. The average molecular weight is 421 g/mol. The maximum absolute atomic E-state index is 12.6. The first-order valence-electron chi connectivity index (χ1n) is 11.3. The lowest BCUT2D eigenvalue weighted by molar-refractivity contribution is -0.131. The normalized spacial score (nSPS) is 15.2. The average Bonchev–Trinajstić information content (AvgIpc) is 3.02. The van der Waals surface area contributed by atoms with E-state index in [0.29, 0.717) is 12.3 Å². The molecule has 31 heavy (non-hydrogen) atoms. The summed E-state index contributed by atoms with van der Waals surface area (Å²) in [6.07, 6.45) is 3.41. The molecule has 1 saturated heterocycles. The van der Waals surface area contributed by atoms with Gasteiger partial charge in [-0.2, -0.15) is 5.10 Å². The van der Waals surface area contributed by atoms with Crippen molar-refractivity contribution < 1.29 is 4.79 Å². The highest BCUT2D eigenvalue weighted by Gasteiger charge is 2.24. The Morgan fingerprint density at radius 3 is 2.48 bits per heavy atom.